The summed E-state index contributed by atoms with van der Waals surface area (Å²) in [5.41, 5.74) is 20.2. The van der Waals surface area contributed by atoms with Crippen molar-refractivity contribution < 1.29 is 53.4 Å². The molecule has 0 unspecified atom stereocenters. The van der Waals surface area contributed by atoms with Crippen LogP contribution >= 0.6 is 0 Å². The molecule has 4 aromatic carbocycles. The first-order chi connectivity index (χ1) is 20.9. The van der Waals surface area contributed by atoms with Crippen molar-refractivity contribution in [3.63, 3.8) is 0 Å². The number of aryl methyl sites for hydroxylation is 2. The molecule has 0 heterocycles. The number of hydrogen-bond donors (Lipinski definition) is 0. The van der Waals surface area contributed by atoms with Crippen LogP contribution in [0.4, 0.5) is 4.39 Å². The van der Waals surface area contributed by atoms with Gasteiger partial charge in [0.05, 0.1) is 0 Å². The molecule has 0 saturated heterocycles. The Kier molecular flexibility index (Phi) is 11.9. The molecule has 0 bridgehead atoms. The smallest absolute Gasteiger partial charge is 1.00 e. The zero-order valence-electron chi connectivity index (χ0n) is 29.8. The Bertz CT molecular complexity index is 1770. The van der Waals surface area contributed by atoms with Crippen LogP contribution in [0.2, 0.25) is 0 Å². The second-order valence-electron chi connectivity index (χ2n) is 15.3. The van der Waals surface area contributed by atoms with Crippen molar-refractivity contribution in [3.05, 3.63) is 134 Å². The molecule has 0 N–H and O–H groups in total. The second-order valence-corrected chi connectivity index (χ2v) is 16.0. The molecule has 0 saturated carbocycles. The van der Waals surface area contributed by atoms with Crippen molar-refractivity contribution in [2.75, 3.05) is 0 Å². The SMILES string of the molecule is CC1=[C-]C(C)(C)c2cc3c(cc21)-c1cc2c(cc1C3)C(C)(C)C=C2C.Cc1cc(C(C)(C)C)c(C)[cH-]1.Fc1ccc([CH]=[Zr+2])cc1.[Cl-].[Cl-]. The molecule has 3 aliphatic rings. The van der Waals surface area contributed by atoms with Gasteiger partial charge in [0.1, 0.15) is 0 Å². The molecule has 3 aliphatic carbocycles. The maximum Gasteiger partial charge on any atom is -1.00 e. The minimum atomic E-state index is -0.170. The predicted octanol–water partition coefficient (Wildman–Crippen LogP) is 5.30. The molecule has 4 heteroatoms. The fourth-order valence-electron chi connectivity index (χ4n) is 7.44. The first kappa shape index (κ1) is 39.2. The van der Waals surface area contributed by atoms with Gasteiger partial charge in [0.2, 0.25) is 0 Å². The minimum absolute atomic E-state index is 0. The van der Waals surface area contributed by atoms with Gasteiger partial charge in [-0.1, -0.05) is 98.3 Å². The van der Waals surface area contributed by atoms with Crippen LogP contribution in [0.5, 0.6) is 0 Å². The molecule has 0 nitrogen and oxygen atoms in total. The third kappa shape index (κ3) is 7.98. The topological polar surface area (TPSA) is 0 Å². The Hall–Kier alpha value is -2.25. The molecule has 0 aromatic heterocycles. The normalized spacial score (nSPS) is 15.5. The van der Waals surface area contributed by atoms with Crippen LogP contribution < -0.4 is 24.8 Å². The summed E-state index contributed by atoms with van der Waals surface area (Å²) >= 11 is 1.34. The second kappa shape index (κ2) is 14.3. The van der Waals surface area contributed by atoms with Crippen LogP contribution in [0.15, 0.2) is 66.7 Å². The van der Waals surface area contributed by atoms with Crippen LogP contribution in [0.25, 0.3) is 22.3 Å². The van der Waals surface area contributed by atoms with E-state index >= 15 is 0 Å². The summed E-state index contributed by atoms with van der Waals surface area (Å²) in [6, 6.07) is 20.8. The van der Waals surface area contributed by atoms with E-state index in [4.69, 9.17) is 0 Å². The first-order valence-electron chi connectivity index (χ1n) is 16.1. The third-order valence-corrected chi connectivity index (χ3v) is 10.3. The van der Waals surface area contributed by atoms with E-state index in [0.29, 0.717) is 5.41 Å². The van der Waals surface area contributed by atoms with Gasteiger partial charge < -0.3 is 24.8 Å². The van der Waals surface area contributed by atoms with Gasteiger partial charge in [-0.2, -0.15) is 28.3 Å². The van der Waals surface area contributed by atoms with Crippen LogP contribution in [0.3, 0.4) is 0 Å². The molecule has 0 radical (unpaired) electrons. The maximum absolute atomic E-state index is 12.2. The zero-order chi connectivity index (χ0) is 33.1. The van der Waals surface area contributed by atoms with Gasteiger partial charge in [-0.15, -0.1) is 11.6 Å². The molecule has 0 spiro atoms. The fourth-order valence-corrected chi connectivity index (χ4v) is 7.92. The summed E-state index contributed by atoms with van der Waals surface area (Å²) < 4.78 is 14.2. The van der Waals surface area contributed by atoms with Crippen LogP contribution in [-0.4, -0.2) is 3.71 Å². The number of rotatable bonds is 1. The number of allylic oxidation sites excluding steroid dienone is 4. The van der Waals surface area contributed by atoms with Gasteiger partial charge in [-0.05, 0) is 58.4 Å². The number of hydrogen-bond acceptors (Lipinski definition) is 0. The molecule has 246 valence electrons. The van der Waals surface area contributed by atoms with Crippen molar-refractivity contribution in [2.45, 2.75) is 98.8 Å². The van der Waals surface area contributed by atoms with E-state index in [0.717, 1.165) is 12.0 Å². The van der Waals surface area contributed by atoms with Crippen LogP contribution in [0.1, 0.15) is 118 Å². The van der Waals surface area contributed by atoms with E-state index < -0.39 is 0 Å². The Labute approximate surface area is 310 Å². The summed E-state index contributed by atoms with van der Waals surface area (Å²) in [5, 5.41) is 0. The molecular weight excluding hydrogens is 698 g/mol. The quantitative estimate of drug-likeness (QED) is 0.205. The Morgan fingerprint density at radius 2 is 1.34 bits per heavy atom. The van der Waals surface area contributed by atoms with Crippen molar-refractivity contribution in [2.24, 2.45) is 0 Å². The zero-order valence-corrected chi connectivity index (χ0v) is 33.7. The largest absolute Gasteiger partial charge is 1.00 e. The predicted molar refractivity (Wildman–Crippen MR) is 188 cm³/mol. The van der Waals surface area contributed by atoms with Gasteiger partial charge in [-0.3, -0.25) is 6.08 Å². The number of halogens is 3. The molecule has 7 rings (SSSR count). The van der Waals surface area contributed by atoms with Gasteiger partial charge in [0.15, 0.2) is 0 Å². The van der Waals surface area contributed by atoms with Gasteiger partial charge in [-0.25, -0.2) is 11.6 Å². The fraction of sp³-hybridized carbons (Fsp3) is 0.349. The van der Waals surface area contributed by atoms with E-state index in [-0.39, 0.29) is 41.5 Å². The number of fused-ring (bicyclic) bond motifs is 5. The molecule has 0 amide bonds. The Balaban J connectivity index is 0.000000228. The van der Waals surface area contributed by atoms with E-state index in [1.165, 1.54) is 109 Å². The van der Waals surface area contributed by atoms with Crippen molar-refractivity contribution in [1.82, 2.24) is 0 Å². The maximum atomic E-state index is 12.2. The summed E-state index contributed by atoms with van der Waals surface area (Å²) in [7, 11) is 0. The molecule has 4 aromatic rings. The summed E-state index contributed by atoms with van der Waals surface area (Å²) in [4.78, 5) is 0. The van der Waals surface area contributed by atoms with Crippen molar-refractivity contribution in [1.29, 1.82) is 0 Å². The van der Waals surface area contributed by atoms with Crippen LogP contribution in [-0.2, 0) is 46.9 Å². The molecule has 47 heavy (non-hydrogen) atoms. The summed E-state index contributed by atoms with van der Waals surface area (Å²) in [6.45, 7) is 24.8. The van der Waals surface area contributed by atoms with Crippen LogP contribution in [0, 0.1) is 25.7 Å². The van der Waals surface area contributed by atoms with Gasteiger partial charge in [0, 0.05) is 5.41 Å². The van der Waals surface area contributed by atoms with E-state index in [1.54, 1.807) is 12.1 Å². The minimum Gasteiger partial charge on any atom is -1.00 e. The molecule has 0 aliphatic heterocycles. The summed E-state index contributed by atoms with van der Waals surface area (Å²) in [6.07, 6.45) is 7.13. The molecule has 0 atom stereocenters. The average Bonchev–Trinajstić information content (AvgIpc) is 3.62. The monoisotopic (exact) mass is 742 g/mol. The average molecular weight is 745 g/mol. The molecule has 0 fully saturated rings. The molecular formula is C43H47Cl2FZr-2. The van der Waals surface area contributed by atoms with Crippen molar-refractivity contribution in [3.8, 4) is 11.1 Å². The number of benzene rings is 3. The Morgan fingerprint density at radius 3 is 1.83 bits per heavy atom. The van der Waals surface area contributed by atoms with Gasteiger partial charge >= 0.3 is 68.0 Å². The van der Waals surface area contributed by atoms with E-state index in [9.17, 15) is 4.39 Å². The van der Waals surface area contributed by atoms with Crippen molar-refractivity contribution >= 4 is 14.9 Å². The third-order valence-electron chi connectivity index (χ3n) is 9.52. The Morgan fingerprint density at radius 1 is 0.787 bits per heavy atom. The van der Waals surface area contributed by atoms with E-state index in [1.807, 2.05) is 3.71 Å². The standard InChI is InChI=1S/C25H25.C11H17.C7H5F.2ClH.Zr/c1-14-12-24(3,4)22-8-16-7-17-9-23-19(15(2)13-25(23,5)6)11-21(17)20(16)10-18(14)22;1-8-6-9(2)10(7-8)11(3,4)5;1-6-2-4-7(8)5-3-6;;;/h8-12H,7H2,1-6H3;6-7H,1-5H3;1-5H;2*1H;/q2*-1;;;;+2/p-2. The summed E-state index contributed by atoms with van der Waals surface area (Å²) in [5.74, 6) is -0.170. The van der Waals surface area contributed by atoms with E-state index in [2.05, 4.69) is 125 Å². The first-order valence-corrected chi connectivity index (χ1v) is 17.5. The van der Waals surface area contributed by atoms with Gasteiger partial charge in [0.25, 0.3) is 0 Å².